The molecular formula is C10H9Cl2N3O2. The maximum absolute atomic E-state index is 11.2. The van der Waals surface area contributed by atoms with Crippen molar-refractivity contribution in [1.82, 2.24) is 15.2 Å². The van der Waals surface area contributed by atoms with E-state index in [0.29, 0.717) is 22.4 Å². The van der Waals surface area contributed by atoms with Gasteiger partial charge in [-0.3, -0.25) is 19.8 Å². The number of carbonyl (C=O) groups excluding carboxylic acids is 2. The number of hydrogen-bond acceptors (Lipinski definition) is 4. The van der Waals surface area contributed by atoms with Gasteiger partial charge in [-0.2, -0.15) is 0 Å². The lowest BCUT2D eigenvalue weighted by Gasteiger charge is -2.25. The van der Waals surface area contributed by atoms with Crippen LogP contribution in [0.15, 0.2) is 12.1 Å². The summed E-state index contributed by atoms with van der Waals surface area (Å²) in [6.45, 7) is 0.616. The number of nitrogens with one attached hydrogen (secondary N) is 1. The fourth-order valence-electron chi connectivity index (χ4n) is 1.59. The van der Waals surface area contributed by atoms with Crippen LogP contribution in [0, 0.1) is 0 Å². The van der Waals surface area contributed by atoms with Gasteiger partial charge in [0.05, 0.1) is 23.8 Å². The standard InChI is InChI=1S/C10H9Cl2N3O2/c11-6-1-2-8(12)13-7(6)3-15-4-9(16)14-10(17)5-15/h1-2H,3-5H2,(H,14,16,17). The lowest BCUT2D eigenvalue weighted by molar-refractivity contribution is -0.136. The Kier molecular flexibility index (Phi) is 3.61. The van der Waals surface area contributed by atoms with Crippen LogP contribution in [0.25, 0.3) is 0 Å². The summed E-state index contributed by atoms with van der Waals surface area (Å²) in [5.74, 6) is -0.640. The highest BCUT2D eigenvalue weighted by atomic mass is 35.5. The Morgan fingerprint density at radius 1 is 1.24 bits per heavy atom. The molecule has 7 heteroatoms. The molecule has 2 heterocycles. The summed E-state index contributed by atoms with van der Waals surface area (Å²) in [7, 11) is 0. The molecule has 0 saturated carbocycles. The molecule has 0 atom stereocenters. The molecule has 0 aliphatic carbocycles. The number of rotatable bonds is 2. The summed E-state index contributed by atoms with van der Waals surface area (Å²) >= 11 is 11.7. The molecule has 1 aromatic heterocycles. The van der Waals surface area contributed by atoms with Crippen LogP contribution >= 0.6 is 23.2 Å². The first-order valence-corrected chi connectivity index (χ1v) is 5.66. The molecule has 1 fully saturated rings. The Morgan fingerprint density at radius 2 is 1.88 bits per heavy atom. The summed E-state index contributed by atoms with van der Waals surface area (Å²) in [6, 6.07) is 3.22. The van der Waals surface area contributed by atoms with Crippen LogP contribution in [0.1, 0.15) is 5.69 Å². The Bertz CT molecular complexity index is 463. The average molecular weight is 274 g/mol. The second-order valence-corrected chi connectivity index (χ2v) is 4.47. The highest BCUT2D eigenvalue weighted by Crippen LogP contribution is 2.18. The molecule has 1 aliphatic rings. The number of pyridine rings is 1. The van der Waals surface area contributed by atoms with Crippen molar-refractivity contribution < 1.29 is 9.59 Å². The molecule has 5 nitrogen and oxygen atoms in total. The zero-order chi connectivity index (χ0) is 12.4. The molecule has 0 radical (unpaired) electrons. The minimum atomic E-state index is -0.320. The second kappa shape index (κ2) is 5.00. The molecule has 1 saturated heterocycles. The quantitative estimate of drug-likeness (QED) is 0.641. The van der Waals surface area contributed by atoms with Crippen molar-refractivity contribution in [2.24, 2.45) is 0 Å². The van der Waals surface area contributed by atoms with Crippen molar-refractivity contribution in [2.45, 2.75) is 6.54 Å². The largest absolute Gasteiger partial charge is 0.294 e. The molecule has 1 aliphatic heterocycles. The van der Waals surface area contributed by atoms with Crippen LogP contribution < -0.4 is 5.32 Å². The number of amides is 2. The van der Waals surface area contributed by atoms with Gasteiger partial charge < -0.3 is 0 Å². The van der Waals surface area contributed by atoms with Crippen molar-refractivity contribution in [3.63, 3.8) is 0 Å². The van der Waals surface area contributed by atoms with Crippen molar-refractivity contribution in [2.75, 3.05) is 13.1 Å². The maximum atomic E-state index is 11.2. The third-order valence-corrected chi connectivity index (χ3v) is 2.83. The number of carbonyl (C=O) groups is 2. The summed E-state index contributed by atoms with van der Waals surface area (Å²) in [6.07, 6.45) is 0. The van der Waals surface area contributed by atoms with Crippen LogP contribution in [0.3, 0.4) is 0 Å². The smallest absolute Gasteiger partial charge is 0.240 e. The van der Waals surface area contributed by atoms with Gasteiger partial charge in [0, 0.05) is 6.54 Å². The normalized spacial score (nSPS) is 17.1. The Balaban J connectivity index is 2.12. The minimum absolute atomic E-state index is 0.149. The Labute approximate surface area is 108 Å². The predicted octanol–water partition coefficient (Wildman–Crippen LogP) is 0.847. The molecular weight excluding hydrogens is 265 g/mol. The fourth-order valence-corrected chi connectivity index (χ4v) is 1.92. The van der Waals surface area contributed by atoms with Gasteiger partial charge in [-0.05, 0) is 12.1 Å². The molecule has 17 heavy (non-hydrogen) atoms. The van der Waals surface area contributed by atoms with Gasteiger partial charge in [-0.1, -0.05) is 23.2 Å². The van der Waals surface area contributed by atoms with E-state index >= 15 is 0 Å². The summed E-state index contributed by atoms with van der Waals surface area (Å²) < 4.78 is 0. The summed E-state index contributed by atoms with van der Waals surface area (Å²) in [4.78, 5) is 28.1. The van der Waals surface area contributed by atoms with Crippen molar-refractivity contribution in [3.8, 4) is 0 Å². The molecule has 1 N–H and O–H groups in total. The van der Waals surface area contributed by atoms with Gasteiger partial charge >= 0.3 is 0 Å². The zero-order valence-corrected chi connectivity index (χ0v) is 10.3. The van der Waals surface area contributed by atoms with E-state index in [1.54, 1.807) is 17.0 Å². The SMILES string of the molecule is O=C1CN(Cc2nc(Cl)ccc2Cl)CC(=O)N1. The number of piperazine rings is 1. The lowest BCUT2D eigenvalue weighted by Crippen LogP contribution is -2.51. The number of halogens is 2. The molecule has 90 valence electrons. The summed E-state index contributed by atoms with van der Waals surface area (Å²) in [5.41, 5.74) is 0.557. The van der Waals surface area contributed by atoms with Crippen LogP contribution in [-0.2, 0) is 16.1 Å². The van der Waals surface area contributed by atoms with Crippen molar-refractivity contribution in [3.05, 3.63) is 28.0 Å². The molecule has 0 bridgehead atoms. The number of imide groups is 1. The molecule has 2 amide bonds. The number of nitrogens with zero attached hydrogens (tertiary/aromatic N) is 2. The number of aromatic nitrogens is 1. The van der Waals surface area contributed by atoms with Crippen LogP contribution in [0.4, 0.5) is 0 Å². The van der Waals surface area contributed by atoms with E-state index in [9.17, 15) is 9.59 Å². The van der Waals surface area contributed by atoms with E-state index in [1.165, 1.54) is 0 Å². The maximum Gasteiger partial charge on any atom is 0.240 e. The fraction of sp³-hybridized carbons (Fsp3) is 0.300. The van der Waals surface area contributed by atoms with Crippen LogP contribution in [-0.4, -0.2) is 34.8 Å². The highest BCUT2D eigenvalue weighted by molar-refractivity contribution is 6.32. The van der Waals surface area contributed by atoms with Gasteiger partial charge in [0.1, 0.15) is 5.15 Å². The van der Waals surface area contributed by atoms with E-state index in [-0.39, 0.29) is 24.9 Å². The molecule has 0 unspecified atom stereocenters. The van der Waals surface area contributed by atoms with E-state index in [1.807, 2.05) is 0 Å². The lowest BCUT2D eigenvalue weighted by atomic mass is 10.3. The number of hydrogen-bond donors (Lipinski definition) is 1. The molecule has 0 spiro atoms. The van der Waals surface area contributed by atoms with Crippen molar-refractivity contribution >= 4 is 35.0 Å². The monoisotopic (exact) mass is 273 g/mol. The van der Waals surface area contributed by atoms with Crippen LogP contribution in [0.5, 0.6) is 0 Å². The summed E-state index contributed by atoms with van der Waals surface area (Å²) in [5, 5.41) is 3.02. The minimum Gasteiger partial charge on any atom is -0.294 e. The molecule has 0 aromatic carbocycles. The van der Waals surface area contributed by atoms with Gasteiger partial charge in [0.2, 0.25) is 11.8 Å². The molecule has 2 rings (SSSR count). The predicted molar refractivity (Wildman–Crippen MR) is 62.7 cm³/mol. The van der Waals surface area contributed by atoms with Crippen LogP contribution in [0.2, 0.25) is 10.2 Å². The third kappa shape index (κ3) is 3.15. The van der Waals surface area contributed by atoms with E-state index in [4.69, 9.17) is 23.2 Å². The Morgan fingerprint density at radius 3 is 2.53 bits per heavy atom. The van der Waals surface area contributed by atoms with Gasteiger partial charge in [0.25, 0.3) is 0 Å². The molecule has 1 aromatic rings. The average Bonchev–Trinajstić information content (AvgIpc) is 2.22. The first kappa shape index (κ1) is 12.3. The van der Waals surface area contributed by atoms with Crippen molar-refractivity contribution in [1.29, 1.82) is 0 Å². The van der Waals surface area contributed by atoms with E-state index < -0.39 is 0 Å². The third-order valence-electron chi connectivity index (χ3n) is 2.27. The first-order valence-electron chi connectivity index (χ1n) is 4.90. The zero-order valence-electron chi connectivity index (χ0n) is 8.74. The van der Waals surface area contributed by atoms with E-state index in [2.05, 4.69) is 10.3 Å². The van der Waals surface area contributed by atoms with Gasteiger partial charge in [-0.15, -0.1) is 0 Å². The van der Waals surface area contributed by atoms with E-state index in [0.717, 1.165) is 0 Å². The Hall–Kier alpha value is -1.17. The van der Waals surface area contributed by atoms with Gasteiger partial charge in [0.15, 0.2) is 0 Å². The second-order valence-electron chi connectivity index (χ2n) is 3.68. The highest BCUT2D eigenvalue weighted by Gasteiger charge is 2.23. The first-order chi connectivity index (χ1) is 8.04. The topological polar surface area (TPSA) is 62.3 Å². The van der Waals surface area contributed by atoms with Gasteiger partial charge in [-0.25, -0.2) is 4.98 Å².